The van der Waals surface area contributed by atoms with E-state index in [1.807, 2.05) is 0 Å². The molecule has 0 spiro atoms. The van der Waals surface area contributed by atoms with E-state index >= 15 is 0 Å². The lowest BCUT2D eigenvalue weighted by molar-refractivity contribution is 0.111. The van der Waals surface area contributed by atoms with E-state index in [2.05, 4.69) is 0 Å². The van der Waals surface area contributed by atoms with Gasteiger partial charge < -0.3 is 18.3 Å². The van der Waals surface area contributed by atoms with Crippen molar-refractivity contribution in [1.29, 1.82) is 0 Å². The van der Waals surface area contributed by atoms with Crippen LogP contribution in [0.4, 0.5) is 0 Å². The molecule has 3 aromatic carbocycles. The molecule has 0 fully saturated rings. The number of carbonyl (C=O) groups is 2. The molecule has 5 aromatic rings. The van der Waals surface area contributed by atoms with Crippen LogP contribution in [0.25, 0.3) is 21.9 Å². The molecule has 2 aromatic heterocycles. The molecule has 0 amide bonds. The second-order valence-electron chi connectivity index (χ2n) is 7.24. The van der Waals surface area contributed by atoms with Gasteiger partial charge in [-0.15, -0.1) is 0 Å². The third-order valence-electron chi connectivity index (χ3n) is 5.10. The maximum absolute atomic E-state index is 12.4. The minimum absolute atomic E-state index is 0.0908. The van der Waals surface area contributed by atoms with Gasteiger partial charge in [0.25, 0.3) is 0 Å². The number of hydrogen-bond acceptors (Lipinski definition) is 8. The summed E-state index contributed by atoms with van der Waals surface area (Å²) in [5, 5.41) is 0.403. The standard InChI is InChI=1S/C26H14O8/c27-11-15-13-31-21-7-5-17(9-19(21)25(15)29)33-23-3-1-2-4-24(23)34-18-6-8-22-20(10-18)26(30)16(12-28)14-32-22/h1-14H. The van der Waals surface area contributed by atoms with Crippen LogP contribution in [-0.4, -0.2) is 12.6 Å². The van der Waals surface area contributed by atoms with Crippen molar-refractivity contribution < 1.29 is 27.9 Å². The molecule has 0 bridgehead atoms. The van der Waals surface area contributed by atoms with E-state index in [9.17, 15) is 19.2 Å². The Morgan fingerprint density at radius 3 is 1.47 bits per heavy atom. The molecular weight excluding hydrogens is 440 g/mol. The minimum Gasteiger partial charge on any atom is -0.463 e. The van der Waals surface area contributed by atoms with Crippen molar-refractivity contribution >= 4 is 34.5 Å². The topological polar surface area (TPSA) is 113 Å². The third kappa shape index (κ3) is 3.73. The van der Waals surface area contributed by atoms with Crippen molar-refractivity contribution in [3.63, 3.8) is 0 Å². The Labute approximate surface area is 190 Å². The molecule has 166 valence electrons. The van der Waals surface area contributed by atoms with Crippen LogP contribution in [0.5, 0.6) is 23.0 Å². The largest absolute Gasteiger partial charge is 0.463 e. The Bertz CT molecular complexity index is 1570. The fourth-order valence-corrected chi connectivity index (χ4v) is 3.41. The van der Waals surface area contributed by atoms with Crippen molar-refractivity contribution in [3.05, 3.63) is 105 Å². The van der Waals surface area contributed by atoms with Crippen LogP contribution in [0.3, 0.4) is 0 Å². The number of ether oxygens (including phenoxy) is 2. The molecule has 0 saturated carbocycles. The summed E-state index contributed by atoms with van der Waals surface area (Å²) < 4.78 is 22.5. The lowest BCUT2D eigenvalue weighted by Gasteiger charge is -2.13. The van der Waals surface area contributed by atoms with E-state index in [1.54, 1.807) is 48.5 Å². The number of hydrogen-bond donors (Lipinski definition) is 0. The van der Waals surface area contributed by atoms with Crippen LogP contribution in [0.15, 0.2) is 91.6 Å². The van der Waals surface area contributed by atoms with Gasteiger partial charge in [-0.1, -0.05) is 12.1 Å². The summed E-state index contributed by atoms with van der Waals surface area (Å²) in [6.07, 6.45) is 3.10. The quantitative estimate of drug-likeness (QED) is 0.325. The van der Waals surface area contributed by atoms with Crippen molar-refractivity contribution in [2.45, 2.75) is 0 Å². The van der Waals surface area contributed by atoms with Gasteiger partial charge in [0.1, 0.15) is 35.2 Å². The first-order chi connectivity index (χ1) is 16.6. The number of benzene rings is 3. The maximum Gasteiger partial charge on any atom is 0.203 e. The summed E-state index contributed by atoms with van der Waals surface area (Å²) in [5.74, 6) is 1.33. The van der Waals surface area contributed by atoms with Crippen LogP contribution >= 0.6 is 0 Å². The number of rotatable bonds is 6. The number of para-hydroxylation sites is 2. The van der Waals surface area contributed by atoms with Crippen LogP contribution in [-0.2, 0) is 0 Å². The van der Waals surface area contributed by atoms with Crippen molar-refractivity contribution in [2.24, 2.45) is 0 Å². The Morgan fingerprint density at radius 1 is 0.618 bits per heavy atom. The smallest absolute Gasteiger partial charge is 0.203 e. The zero-order valence-corrected chi connectivity index (χ0v) is 17.3. The lowest BCUT2D eigenvalue weighted by Crippen LogP contribution is -2.07. The molecule has 0 atom stereocenters. The summed E-state index contributed by atoms with van der Waals surface area (Å²) >= 11 is 0. The fraction of sp³-hybridized carbons (Fsp3) is 0. The molecule has 0 saturated heterocycles. The zero-order valence-electron chi connectivity index (χ0n) is 17.3. The van der Waals surface area contributed by atoms with E-state index in [0.717, 1.165) is 12.5 Å². The summed E-state index contributed by atoms with van der Waals surface area (Å²) in [5.41, 5.74) is -0.472. The van der Waals surface area contributed by atoms with Crippen LogP contribution in [0.1, 0.15) is 20.7 Å². The molecule has 2 heterocycles. The zero-order chi connectivity index (χ0) is 23.7. The van der Waals surface area contributed by atoms with Gasteiger partial charge in [0, 0.05) is 0 Å². The normalized spacial score (nSPS) is 10.8. The summed E-state index contributed by atoms with van der Waals surface area (Å²) in [7, 11) is 0. The van der Waals surface area contributed by atoms with Gasteiger partial charge in [-0.2, -0.15) is 0 Å². The molecule has 0 radical (unpaired) electrons. The monoisotopic (exact) mass is 454 g/mol. The Balaban J connectivity index is 1.50. The highest BCUT2D eigenvalue weighted by Gasteiger charge is 2.13. The molecule has 0 aliphatic rings. The predicted molar refractivity (Wildman–Crippen MR) is 122 cm³/mol. The Kier molecular flexibility index (Phi) is 5.23. The second-order valence-corrected chi connectivity index (χ2v) is 7.24. The van der Waals surface area contributed by atoms with Crippen molar-refractivity contribution in [2.75, 3.05) is 0 Å². The van der Waals surface area contributed by atoms with Crippen LogP contribution < -0.4 is 20.3 Å². The van der Waals surface area contributed by atoms with E-state index in [1.165, 1.54) is 12.1 Å². The summed E-state index contributed by atoms with van der Waals surface area (Å²) in [6, 6.07) is 16.2. The van der Waals surface area contributed by atoms with Gasteiger partial charge in [0.05, 0.1) is 21.9 Å². The molecule has 5 rings (SSSR count). The molecule has 8 nitrogen and oxygen atoms in total. The van der Waals surface area contributed by atoms with Crippen LogP contribution in [0, 0.1) is 0 Å². The molecule has 34 heavy (non-hydrogen) atoms. The van der Waals surface area contributed by atoms with E-state index in [0.29, 0.717) is 46.7 Å². The Morgan fingerprint density at radius 2 is 1.06 bits per heavy atom. The first-order valence-electron chi connectivity index (χ1n) is 10.0. The highest BCUT2D eigenvalue weighted by Crippen LogP contribution is 2.35. The van der Waals surface area contributed by atoms with Gasteiger partial charge in [0.15, 0.2) is 24.1 Å². The van der Waals surface area contributed by atoms with E-state index < -0.39 is 10.9 Å². The van der Waals surface area contributed by atoms with Gasteiger partial charge in [-0.3, -0.25) is 19.2 Å². The molecule has 8 heteroatoms. The minimum atomic E-state index is -0.462. The number of aldehydes is 2. The maximum atomic E-state index is 12.4. The molecule has 0 unspecified atom stereocenters. The van der Waals surface area contributed by atoms with E-state index in [-0.39, 0.29) is 21.9 Å². The third-order valence-corrected chi connectivity index (χ3v) is 5.10. The SMILES string of the molecule is O=Cc1coc2ccc(Oc3ccccc3Oc3ccc4occ(C=O)c(=O)c4c3)cc2c1=O. The Hall–Kier alpha value is -4.98. The first kappa shape index (κ1) is 20.9. The van der Waals surface area contributed by atoms with Crippen molar-refractivity contribution in [3.8, 4) is 23.0 Å². The molecular formula is C26H14O8. The van der Waals surface area contributed by atoms with Crippen LogP contribution in [0.2, 0.25) is 0 Å². The highest BCUT2D eigenvalue weighted by atomic mass is 16.5. The fourth-order valence-electron chi connectivity index (χ4n) is 3.41. The first-order valence-corrected chi connectivity index (χ1v) is 10.0. The average Bonchev–Trinajstić information content (AvgIpc) is 2.86. The van der Waals surface area contributed by atoms with Gasteiger partial charge in [-0.05, 0) is 48.5 Å². The second kappa shape index (κ2) is 8.51. The molecule has 0 N–H and O–H groups in total. The van der Waals surface area contributed by atoms with Gasteiger partial charge in [-0.25, -0.2) is 0 Å². The number of carbonyl (C=O) groups excluding carboxylic acids is 2. The summed E-state index contributed by atoms with van der Waals surface area (Å²) in [4.78, 5) is 47.0. The molecule has 0 aliphatic heterocycles. The lowest BCUT2D eigenvalue weighted by atomic mass is 10.2. The predicted octanol–water partition coefficient (Wildman–Crippen LogP) is 5.11. The van der Waals surface area contributed by atoms with E-state index in [4.69, 9.17) is 18.3 Å². The number of fused-ring (bicyclic) bond motifs is 2. The summed E-state index contributed by atoms with van der Waals surface area (Å²) in [6.45, 7) is 0. The van der Waals surface area contributed by atoms with Gasteiger partial charge in [0.2, 0.25) is 10.9 Å². The average molecular weight is 454 g/mol. The van der Waals surface area contributed by atoms with Gasteiger partial charge >= 0.3 is 0 Å². The van der Waals surface area contributed by atoms with Crippen molar-refractivity contribution in [1.82, 2.24) is 0 Å². The highest BCUT2D eigenvalue weighted by molar-refractivity contribution is 5.86. The molecule has 0 aliphatic carbocycles.